The summed E-state index contributed by atoms with van der Waals surface area (Å²) in [5.74, 6) is -0.148. The Labute approximate surface area is 91.6 Å². The van der Waals surface area contributed by atoms with E-state index in [0.29, 0.717) is 0 Å². The summed E-state index contributed by atoms with van der Waals surface area (Å²) in [5.41, 5.74) is 0.758. The summed E-state index contributed by atoms with van der Waals surface area (Å²) in [5, 5.41) is 2.74. The summed E-state index contributed by atoms with van der Waals surface area (Å²) in [4.78, 5) is 11.4. The Morgan fingerprint density at radius 1 is 1.57 bits per heavy atom. The van der Waals surface area contributed by atoms with Crippen molar-refractivity contribution in [3.63, 3.8) is 0 Å². The van der Waals surface area contributed by atoms with Crippen molar-refractivity contribution >= 4 is 27.5 Å². The summed E-state index contributed by atoms with van der Waals surface area (Å²) in [6.45, 7) is 1.70. The molecule has 0 fully saturated rings. The maximum Gasteiger partial charge on any atom is 0.253 e. The van der Waals surface area contributed by atoms with Crippen molar-refractivity contribution in [2.24, 2.45) is 0 Å². The first-order valence-corrected chi connectivity index (χ1v) is 5.02. The maximum absolute atomic E-state index is 11.4. The minimum absolute atomic E-state index is 0.148. The van der Waals surface area contributed by atoms with Crippen molar-refractivity contribution in [1.29, 1.82) is 0 Å². The second-order valence-corrected chi connectivity index (χ2v) is 3.79. The SMILES string of the molecule is COC(C)C(=O)Nc1cccc(Br)c1. The molecule has 1 aromatic carbocycles. The second kappa shape index (κ2) is 5.12. The van der Waals surface area contributed by atoms with Crippen LogP contribution in [0.3, 0.4) is 0 Å². The molecule has 0 radical (unpaired) electrons. The Morgan fingerprint density at radius 3 is 2.86 bits per heavy atom. The van der Waals surface area contributed by atoms with E-state index in [9.17, 15) is 4.79 Å². The number of rotatable bonds is 3. The zero-order valence-corrected chi connectivity index (χ0v) is 9.67. The van der Waals surface area contributed by atoms with E-state index in [1.54, 1.807) is 6.92 Å². The molecule has 1 unspecified atom stereocenters. The smallest absolute Gasteiger partial charge is 0.253 e. The third kappa shape index (κ3) is 3.12. The number of ether oxygens (including phenoxy) is 1. The number of hydrogen-bond acceptors (Lipinski definition) is 2. The van der Waals surface area contributed by atoms with E-state index in [2.05, 4.69) is 21.2 Å². The zero-order valence-electron chi connectivity index (χ0n) is 8.08. The first-order valence-electron chi connectivity index (χ1n) is 4.22. The van der Waals surface area contributed by atoms with Crippen LogP contribution >= 0.6 is 15.9 Å². The normalized spacial score (nSPS) is 12.2. The van der Waals surface area contributed by atoms with Gasteiger partial charge in [0.25, 0.3) is 5.91 Å². The summed E-state index contributed by atoms with van der Waals surface area (Å²) >= 11 is 3.32. The van der Waals surface area contributed by atoms with Crippen LogP contribution in [0.2, 0.25) is 0 Å². The van der Waals surface area contributed by atoms with Gasteiger partial charge in [-0.3, -0.25) is 4.79 Å². The number of nitrogens with one attached hydrogen (secondary N) is 1. The summed E-state index contributed by atoms with van der Waals surface area (Å²) in [7, 11) is 1.51. The maximum atomic E-state index is 11.4. The predicted molar refractivity (Wildman–Crippen MR) is 59.2 cm³/mol. The number of carbonyl (C=O) groups is 1. The molecule has 0 spiro atoms. The van der Waals surface area contributed by atoms with Gasteiger partial charge in [-0.25, -0.2) is 0 Å². The Morgan fingerprint density at radius 2 is 2.29 bits per heavy atom. The van der Waals surface area contributed by atoms with Crippen molar-refractivity contribution < 1.29 is 9.53 Å². The van der Waals surface area contributed by atoms with Crippen LogP contribution in [0.4, 0.5) is 5.69 Å². The van der Waals surface area contributed by atoms with Gasteiger partial charge in [0.05, 0.1) is 0 Å². The largest absolute Gasteiger partial charge is 0.372 e. The van der Waals surface area contributed by atoms with E-state index in [1.165, 1.54) is 7.11 Å². The number of carbonyl (C=O) groups excluding carboxylic acids is 1. The van der Waals surface area contributed by atoms with Crippen molar-refractivity contribution in [2.45, 2.75) is 13.0 Å². The molecular formula is C10H12BrNO2. The highest BCUT2D eigenvalue weighted by Crippen LogP contribution is 2.15. The lowest BCUT2D eigenvalue weighted by molar-refractivity contribution is -0.124. The molecule has 0 saturated heterocycles. The fraction of sp³-hybridized carbons (Fsp3) is 0.300. The molecule has 1 atom stereocenters. The zero-order chi connectivity index (χ0) is 10.6. The van der Waals surface area contributed by atoms with Crippen LogP contribution in [-0.2, 0) is 9.53 Å². The molecule has 76 valence electrons. The molecule has 0 aliphatic heterocycles. The second-order valence-electron chi connectivity index (χ2n) is 2.88. The van der Waals surface area contributed by atoms with E-state index in [1.807, 2.05) is 24.3 Å². The quantitative estimate of drug-likeness (QED) is 0.904. The lowest BCUT2D eigenvalue weighted by Gasteiger charge is -2.10. The Kier molecular flexibility index (Phi) is 4.10. The summed E-state index contributed by atoms with van der Waals surface area (Å²) in [6, 6.07) is 7.41. The summed E-state index contributed by atoms with van der Waals surface area (Å²) < 4.78 is 5.82. The number of amides is 1. The van der Waals surface area contributed by atoms with Gasteiger partial charge in [-0.05, 0) is 25.1 Å². The van der Waals surface area contributed by atoms with Crippen molar-refractivity contribution in [1.82, 2.24) is 0 Å². The van der Waals surface area contributed by atoms with Crippen LogP contribution in [0, 0.1) is 0 Å². The first kappa shape index (κ1) is 11.2. The number of benzene rings is 1. The molecule has 0 aliphatic carbocycles. The lowest BCUT2D eigenvalue weighted by Crippen LogP contribution is -2.26. The van der Waals surface area contributed by atoms with Gasteiger partial charge < -0.3 is 10.1 Å². The molecule has 0 bridgehead atoms. The van der Waals surface area contributed by atoms with Gasteiger partial charge >= 0.3 is 0 Å². The van der Waals surface area contributed by atoms with Gasteiger partial charge in [-0.1, -0.05) is 22.0 Å². The highest BCUT2D eigenvalue weighted by Gasteiger charge is 2.10. The van der Waals surface area contributed by atoms with Crippen molar-refractivity contribution in [3.8, 4) is 0 Å². The predicted octanol–water partition coefficient (Wildman–Crippen LogP) is 2.42. The molecule has 1 aromatic rings. The number of methoxy groups -OCH3 is 1. The van der Waals surface area contributed by atoms with Crippen LogP contribution in [0.1, 0.15) is 6.92 Å². The van der Waals surface area contributed by atoms with E-state index >= 15 is 0 Å². The van der Waals surface area contributed by atoms with Crippen LogP contribution in [0.25, 0.3) is 0 Å². The van der Waals surface area contributed by atoms with Gasteiger partial charge in [0, 0.05) is 17.3 Å². The molecule has 0 saturated carbocycles. The highest BCUT2D eigenvalue weighted by atomic mass is 79.9. The molecule has 0 heterocycles. The van der Waals surface area contributed by atoms with Crippen LogP contribution in [0.15, 0.2) is 28.7 Å². The van der Waals surface area contributed by atoms with Gasteiger partial charge in [0.2, 0.25) is 0 Å². The van der Waals surface area contributed by atoms with E-state index < -0.39 is 6.10 Å². The van der Waals surface area contributed by atoms with Crippen molar-refractivity contribution in [2.75, 3.05) is 12.4 Å². The third-order valence-electron chi connectivity index (χ3n) is 1.81. The molecule has 3 nitrogen and oxygen atoms in total. The molecule has 0 aliphatic rings. The third-order valence-corrected chi connectivity index (χ3v) is 2.31. The van der Waals surface area contributed by atoms with Gasteiger partial charge in [-0.15, -0.1) is 0 Å². The lowest BCUT2D eigenvalue weighted by atomic mass is 10.3. The van der Waals surface area contributed by atoms with Gasteiger partial charge in [0.1, 0.15) is 6.10 Å². The van der Waals surface area contributed by atoms with Crippen molar-refractivity contribution in [3.05, 3.63) is 28.7 Å². The number of hydrogen-bond donors (Lipinski definition) is 1. The van der Waals surface area contributed by atoms with Crippen LogP contribution < -0.4 is 5.32 Å². The minimum atomic E-state index is -0.436. The standard InChI is InChI=1S/C10H12BrNO2/c1-7(14-2)10(13)12-9-5-3-4-8(11)6-9/h3-7H,1-2H3,(H,12,13). The fourth-order valence-corrected chi connectivity index (χ4v) is 1.32. The van der Waals surface area contributed by atoms with Crippen LogP contribution in [-0.4, -0.2) is 19.1 Å². The Hall–Kier alpha value is -0.870. The molecular weight excluding hydrogens is 246 g/mol. The fourth-order valence-electron chi connectivity index (χ4n) is 0.917. The minimum Gasteiger partial charge on any atom is -0.372 e. The first-order chi connectivity index (χ1) is 6.63. The number of anilines is 1. The summed E-state index contributed by atoms with van der Waals surface area (Å²) in [6.07, 6.45) is -0.436. The molecule has 0 aromatic heterocycles. The van der Waals surface area contributed by atoms with Crippen LogP contribution in [0.5, 0.6) is 0 Å². The molecule has 14 heavy (non-hydrogen) atoms. The van der Waals surface area contributed by atoms with E-state index in [4.69, 9.17) is 4.74 Å². The highest BCUT2D eigenvalue weighted by molar-refractivity contribution is 9.10. The van der Waals surface area contributed by atoms with E-state index in [-0.39, 0.29) is 5.91 Å². The topological polar surface area (TPSA) is 38.3 Å². The average Bonchev–Trinajstić information content (AvgIpc) is 2.16. The van der Waals surface area contributed by atoms with Gasteiger partial charge in [0.15, 0.2) is 0 Å². The number of halogens is 1. The monoisotopic (exact) mass is 257 g/mol. The Balaban J connectivity index is 2.65. The van der Waals surface area contributed by atoms with Gasteiger partial charge in [-0.2, -0.15) is 0 Å². The van der Waals surface area contributed by atoms with E-state index in [0.717, 1.165) is 10.2 Å². The average molecular weight is 258 g/mol. The molecule has 1 rings (SSSR count). The Bertz CT molecular complexity index is 328. The molecule has 1 amide bonds. The molecule has 4 heteroatoms. The molecule has 1 N–H and O–H groups in total.